The van der Waals surface area contributed by atoms with Crippen LogP contribution in [0, 0.1) is 5.82 Å². The first-order chi connectivity index (χ1) is 8.12. The van der Waals surface area contributed by atoms with E-state index >= 15 is 0 Å². The van der Waals surface area contributed by atoms with Crippen LogP contribution in [0.5, 0.6) is 5.75 Å². The standard InChI is InChI=1S/C13H18FNO2/c1-4-11(5-2)17-13-8-10(14)6-7-12(13)9(3)15-16/h6-8,11,16H,4-5H2,1-3H3/b15-9+. The van der Waals surface area contributed by atoms with Crippen LogP contribution in [-0.2, 0) is 0 Å². The summed E-state index contributed by atoms with van der Waals surface area (Å²) in [5, 5.41) is 11.9. The molecule has 0 bridgehead atoms. The van der Waals surface area contributed by atoms with Crippen molar-refractivity contribution in [3.8, 4) is 5.75 Å². The molecule has 0 aliphatic heterocycles. The van der Waals surface area contributed by atoms with Gasteiger partial charge < -0.3 is 9.94 Å². The molecule has 0 unspecified atom stereocenters. The van der Waals surface area contributed by atoms with Gasteiger partial charge in [-0.25, -0.2) is 4.39 Å². The van der Waals surface area contributed by atoms with Crippen molar-refractivity contribution < 1.29 is 14.3 Å². The summed E-state index contributed by atoms with van der Waals surface area (Å²) in [5.41, 5.74) is 1.02. The van der Waals surface area contributed by atoms with E-state index in [1.54, 1.807) is 13.0 Å². The van der Waals surface area contributed by atoms with E-state index in [1.165, 1.54) is 12.1 Å². The normalized spacial score (nSPS) is 11.9. The lowest BCUT2D eigenvalue weighted by Gasteiger charge is -2.18. The molecule has 0 aromatic heterocycles. The Kier molecular flexibility index (Phi) is 4.94. The van der Waals surface area contributed by atoms with Crippen molar-refractivity contribution in [3.63, 3.8) is 0 Å². The summed E-state index contributed by atoms with van der Waals surface area (Å²) in [6, 6.07) is 4.20. The summed E-state index contributed by atoms with van der Waals surface area (Å²) in [6.45, 7) is 5.67. The molecule has 1 rings (SSSR count). The molecular formula is C13H18FNO2. The van der Waals surface area contributed by atoms with E-state index in [0.29, 0.717) is 17.0 Å². The van der Waals surface area contributed by atoms with E-state index in [-0.39, 0.29) is 11.9 Å². The lowest BCUT2D eigenvalue weighted by atomic mass is 10.1. The largest absolute Gasteiger partial charge is 0.490 e. The van der Waals surface area contributed by atoms with Crippen LogP contribution in [0.25, 0.3) is 0 Å². The monoisotopic (exact) mass is 239 g/mol. The average molecular weight is 239 g/mol. The van der Waals surface area contributed by atoms with Gasteiger partial charge in [-0.3, -0.25) is 0 Å². The number of nitrogens with zero attached hydrogens (tertiary/aromatic N) is 1. The number of hydrogen-bond acceptors (Lipinski definition) is 3. The number of oxime groups is 1. The zero-order valence-electron chi connectivity index (χ0n) is 10.4. The van der Waals surface area contributed by atoms with Crippen LogP contribution in [0.3, 0.4) is 0 Å². The zero-order valence-corrected chi connectivity index (χ0v) is 10.4. The molecule has 0 amide bonds. The molecule has 0 aliphatic carbocycles. The Hall–Kier alpha value is -1.58. The van der Waals surface area contributed by atoms with Crippen LogP contribution in [0.15, 0.2) is 23.4 Å². The van der Waals surface area contributed by atoms with Crippen molar-refractivity contribution in [2.24, 2.45) is 5.16 Å². The fourth-order valence-corrected chi connectivity index (χ4v) is 1.58. The van der Waals surface area contributed by atoms with Crippen molar-refractivity contribution >= 4 is 5.71 Å². The minimum atomic E-state index is -0.361. The van der Waals surface area contributed by atoms with Gasteiger partial charge in [-0.15, -0.1) is 0 Å². The molecule has 0 atom stereocenters. The highest BCUT2D eigenvalue weighted by Crippen LogP contribution is 2.23. The average Bonchev–Trinajstić information content (AvgIpc) is 2.35. The molecule has 0 aliphatic rings. The molecule has 0 saturated carbocycles. The number of ether oxygens (including phenoxy) is 1. The molecule has 94 valence electrons. The summed E-state index contributed by atoms with van der Waals surface area (Å²) in [4.78, 5) is 0. The van der Waals surface area contributed by atoms with Crippen molar-refractivity contribution in [1.29, 1.82) is 0 Å². The van der Waals surface area contributed by atoms with Crippen LogP contribution in [0.2, 0.25) is 0 Å². The number of rotatable bonds is 5. The molecular weight excluding hydrogens is 221 g/mol. The van der Waals surface area contributed by atoms with Crippen LogP contribution in [0.1, 0.15) is 39.2 Å². The van der Waals surface area contributed by atoms with Gasteiger partial charge in [0.1, 0.15) is 11.6 Å². The summed E-state index contributed by atoms with van der Waals surface area (Å²) < 4.78 is 18.9. The Morgan fingerprint density at radius 1 is 1.41 bits per heavy atom. The van der Waals surface area contributed by atoms with E-state index in [2.05, 4.69) is 5.16 Å². The van der Waals surface area contributed by atoms with E-state index in [9.17, 15) is 4.39 Å². The fourth-order valence-electron chi connectivity index (χ4n) is 1.58. The SMILES string of the molecule is CCC(CC)Oc1cc(F)ccc1/C(C)=N/O. The second kappa shape index (κ2) is 6.23. The molecule has 3 nitrogen and oxygen atoms in total. The van der Waals surface area contributed by atoms with Crippen LogP contribution in [-0.4, -0.2) is 17.0 Å². The van der Waals surface area contributed by atoms with Gasteiger partial charge in [-0.1, -0.05) is 19.0 Å². The summed E-state index contributed by atoms with van der Waals surface area (Å²) in [5.74, 6) is 0.0643. The molecule has 1 aromatic rings. The lowest BCUT2D eigenvalue weighted by molar-refractivity contribution is 0.191. The first-order valence-corrected chi connectivity index (χ1v) is 5.77. The van der Waals surface area contributed by atoms with Gasteiger partial charge in [0, 0.05) is 11.6 Å². The second-order valence-electron chi connectivity index (χ2n) is 3.88. The summed E-state index contributed by atoms with van der Waals surface area (Å²) >= 11 is 0. The van der Waals surface area contributed by atoms with Crippen molar-refractivity contribution in [2.45, 2.75) is 39.7 Å². The number of halogens is 1. The van der Waals surface area contributed by atoms with Crippen molar-refractivity contribution in [1.82, 2.24) is 0 Å². The molecule has 0 fully saturated rings. The smallest absolute Gasteiger partial charge is 0.131 e. The summed E-state index contributed by atoms with van der Waals surface area (Å²) in [7, 11) is 0. The quantitative estimate of drug-likeness (QED) is 0.484. The van der Waals surface area contributed by atoms with E-state index in [4.69, 9.17) is 9.94 Å². The molecule has 0 heterocycles. The Bertz CT molecular complexity index is 400. The van der Waals surface area contributed by atoms with Crippen molar-refractivity contribution in [3.05, 3.63) is 29.6 Å². The fraction of sp³-hybridized carbons (Fsp3) is 0.462. The van der Waals surface area contributed by atoms with E-state index in [1.807, 2.05) is 13.8 Å². The second-order valence-corrected chi connectivity index (χ2v) is 3.88. The van der Waals surface area contributed by atoms with E-state index < -0.39 is 0 Å². The topological polar surface area (TPSA) is 41.8 Å². The van der Waals surface area contributed by atoms with E-state index in [0.717, 1.165) is 12.8 Å². The minimum absolute atomic E-state index is 0.0436. The van der Waals surface area contributed by atoms with Gasteiger partial charge in [0.15, 0.2) is 0 Å². The first kappa shape index (κ1) is 13.5. The third kappa shape index (κ3) is 3.44. The predicted molar refractivity (Wildman–Crippen MR) is 65.4 cm³/mol. The maximum atomic E-state index is 13.2. The molecule has 0 saturated heterocycles. The highest BCUT2D eigenvalue weighted by molar-refractivity contribution is 6.00. The number of benzene rings is 1. The Morgan fingerprint density at radius 2 is 2.06 bits per heavy atom. The Labute approximate surface area is 101 Å². The van der Waals surface area contributed by atoms with Gasteiger partial charge >= 0.3 is 0 Å². The van der Waals surface area contributed by atoms with Gasteiger partial charge in [-0.2, -0.15) is 0 Å². The van der Waals surface area contributed by atoms with Crippen LogP contribution in [0.4, 0.5) is 4.39 Å². The highest BCUT2D eigenvalue weighted by atomic mass is 19.1. The van der Waals surface area contributed by atoms with Gasteiger partial charge in [0.25, 0.3) is 0 Å². The Balaban J connectivity index is 3.07. The summed E-state index contributed by atoms with van der Waals surface area (Å²) in [6.07, 6.45) is 1.74. The highest BCUT2D eigenvalue weighted by Gasteiger charge is 2.12. The van der Waals surface area contributed by atoms with Gasteiger partial charge in [0.05, 0.1) is 11.8 Å². The maximum absolute atomic E-state index is 13.2. The van der Waals surface area contributed by atoms with Crippen molar-refractivity contribution in [2.75, 3.05) is 0 Å². The predicted octanol–water partition coefficient (Wildman–Crippen LogP) is 3.59. The third-order valence-electron chi connectivity index (χ3n) is 2.69. The minimum Gasteiger partial charge on any atom is -0.490 e. The maximum Gasteiger partial charge on any atom is 0.131 e. The number of hydrogen-bond donors (Lipinski definition) is 1. The lowest BCUT2D eigenvalue weighted by Crippen LogP contribution is -2.15. The van der Waals surface area contributed by atoms with Gasteiger partial charge in [0.2, 0.25) is 0 Å². The van der Waals surface area contributed by atoms with Gasteiger partial charge in [-0.05, 0) is 31.9 Å². The van der Waals surface area contributed by atoms with Crippen LogP contribution < -0.4 is 4.74 Å². The first-order valence-electron chi connectivity index (χ1n) is 5.77. The Morgan fingerprint density at radius 3 is 2.59 bits per heavy atom. The molecule has 1 aromatic carbocycles. The molecule has 1 N–H and O–H groups in total. The molecule has 4 heteroatoms. The third-order valence-corrected chi connectivity index (χ3v) is 2.69. The zero-order chi connectivity index (χ0) is 12.8. The molecule has 0 radical (unpaired) electrons. The molecule has 0 spiro atoms. The molecule has 17 heavy (non-hydrogen) atoms. The van der Waals surface area contributed by atoms with Crippen LogP contribution >= 0.6 is 0 Å².